The quantitative estimate of drug-likeness (QED) is 0.501. The zero-order valence-corrected chi connectivity index (χ0v) is 16.0. The number of hydrogen-bond acceptors (Lipinski definition) is 4. The van der Waals surface area contributed by atoms with Crippen LogP contribution >= 0.6 is 23.1 Å². The molecule has 0 radical (unpaired) electrons. The van der Waals surface area contributed by atoms with Gasteiger partial charge in [-0.3, -0.25) is 4.90 Å². The van der Waals surface area contributed by atoms with Gasteiger partial charge >= 0.3 is 6.18 Å². The Hall–Kier alpha value is -1.25. The molecule has 2 nitrogen and oxygen atoms in total. The lowest BCUT2D eigenvalue weighted by atomic mass is 10.1. The van der Waals surface area contributed by atoms with E-state index < -0.39 is 11.9 Å². The highest BCUT2D eigenvalue weighted by Gasteiger charge is 2.28. The molecular weight excluding hydrogens is 384 g/mol. The van der Waals surface area contributed by atoms with Gasteiger partial charge in [-0.05, 0) is 47.0 Å². The molecule has 1 aromatic carbocycles. The van der Waals surface area contributed by atoms with Crippen LogP contribution in [0.15, 0.2) is 33.9 Å². The average Bonchev–Trinajstić information content (AvgIpc) is 3.07. The van der Waals surface area contributed by atoms with Crippen molar-refractivity contribution >= 4 is 28.8 Å². The van der Waals surface area contributed by atoms with Crippen molar-refractivity contribution in [3.63, 3.8) is 0 Å². The van der Waals surface area contributed by atoms with Crippen molar-refractivity contribution in [3.05, 3.63) is 45.9 Å². The number of aryl methyl sites for hydroxylation is 1. The first-order chi connectivity index (χ1) is 12.3. The monoisotopic (exact) mass is 404 g/mol. The topological polar surface area (TPSA) is 6.48 Å². The first-order valence-electron chi connectivity index (χ1n) is 8.30. The predicted molar refractivity (Wildman–Crippen MR) is 99.7 cm³/mol. The van der Waals surface area contributed by atoms with Crippen LogP contribution < -0.4 is 4.90 Å². The smallest absolute Gasteiger partial charge is 0.367 e. The number of piperazine rings is 1. The van der Waals surface area contributed by atoms with Crippen LogP contribution in [0.4, 0.5) is 23.2 Å². The van der Waals surface area contributed by atoms with Gasteiger partial charge in [-0.1, -0.05) is 0 Å². The molecule has 142 valence electrons. The lowest BCUT2D eigenvalue weighted by Crippen LogP contribution is -2.46. The Labute approximate surface area is 158 Å². The van der Waals surface area contributed by atoms with Crippen molar-refractivity contribution < 1.29 is 17.6 Å². The van der Waals surface area contributed by atoms with Gasteiger partial charge in [0.2, 0.25) is 0 Å². The van der Waals surface area contributed by atoms with E-state index in [1.807, 2.05) is 10.3 Å². The SMILES string of the molecule is Cc1cc(F)c(N2CCN(Cc3ccsc3)CC2)cc1SCC(F)(F)F. The molecule has 1 saturated heterocycles. The molecule has 0 amide bonds. The Bertz CT molecular complexity index is 724. The van der Waals surface area contributed by atoms with Crippen molar-refractivity contribution in [1.29, 1.82) is 0 Å². The van der Waals surface area contributed by atoms with Gasteiger partial charge in [-0.2, -0.15) is 24.5 Å². The Kier molecular flexibility index (Phi) is 6.14. The molecular formula is C18H20F4N2S2. The summed E-state index contributed by atoms with van der Waals surface area (Å²) in [5.41, 5.74) is 2.21. The lowest BCUT2D eigenvalue weighted by Gasteiger charge is -2.36. The number of halogens is 4. The molecule has 26 heavy (non-hydrogen) atoms. The summed E-state index contributed by atoms with van der Waals surface area (Å²) in [5.74, 6) is -1.34. The van der Waals surface area contributed by atoms with E-state index in [1.54, 1.807) is 24.3 Å². The molecule has 8 heteroatoms. The number of hydrogen-bond donors (Lipinski definition) is 0. The standard InChI is InChI=1S/C18H20F4N2S2/c1-13-8-15(19)16(9-17(13)26-12-18(20,21)22)24-5-3-23(4-6-24)10-14-2-7-25-11-14/h2,7-9,11H,3-6,10,12H2,1H3. The van der Waals surface area contributed by atoms with Gasteiger partial charge in [0.1, 0.15) is 5.82 Å². The van der Waals surface area contributed by atoms with Crippen molar-refractivity contribution in [2.24, 2.45) is 0 Å². The maximum Gasteiger partial charge on any atom is 0.398 e. The van der Waals surface area contributed by atoms with Crippen LogP contribution in [0.25, 0.3) is 0 Å². The molecule has 3 rings (SSSR count). The van der Waals surface area contributed by atoms with E-state index in [0.29, 0.717) is 41.0 Å². The van der Waals surface area contributed by atoms with E-state index in [1.165, 1.54) is 11.6 Å². The van der Waals surface area contributed by atoms with E-state index in [0.717, 1.165) is 19.6 Å². The van der Waals surface area contributed by atoms with E-state index in [-0.39, 0.29) is 5.82 Å². The molecule has 1 aliphatic rings. The van der Waals surface area contributed by atoms with Crippen molar-refractivity contribution in [3.8, 4) is 0 Å². The van der Waals surface area contributed by atoms with E-state index in [2.05, 4.69) is 16.3 Å². The van der Waals surface area contributed by atoms with E-state index >= 15 is 0 Å². The molecule has 0 aliphatic carbocycles. The number of benzene rings is 1. The molecule has 0 bridgehead atoms. The zero-order chi connectivity index (χ0) is 18.7. The molecule has 0 unspecified atom stereocenters. The summed E-state index contributed by atoms with van der Waals surface area (Å²) < 4.78 is 51.9. The minimum atomic E-state index is -4.24. The molecule has 1 fully saturated rings. The summed E-state index contributed by atoms with van der Waals surface area (Å²) in [5, 5.41) is 4.17. The second-order valence-corrected chi connectivity index (χ2v) is 8.16. The highest BCUT2D eigenvalue weighted by Crippen LogP contribution is 2.34. The summed E-state index contributed by atoms with van der Waals surface area (Å²) in [6.45, 7) is 5.44. The fourth-order valence-electron chi connectivity index (χ4n) is 2.99. The largest absolute Gasteiger partial charge is 0.398 e. The summed E-state index contributed by atoms with van der Waals surface area (Å²) in [7, 11) is 0. The fourth-order valence-corrected chi connectivity index (χ4v) is 4.45. The molecule has 2 heterocycles. The zero-order valence-electron chi connectivity index (χ0n) is 14.4. The number of nitrogens with zero attached hydrogens (tertiary/aromatic N) is 2. The molecule has 1 aromatic heterocycles. The number of rotatable bonds is 5. The van der Waals surface area contributed by atoms with Gasteiger partial charge in [0.15, 0.2) is 0 Å². The van der Waals surface area contributed by atoms with Gasteiger partial charge in [-0.15, -0.1) is 11.8 Å². The Morgan fingerprint density at radius 2 is 1.88 bits per heavy atom. The van der Waals surface area contributed by atoms with Crippen LogP contribution in [0.5, 0.6) is 0 Å². The first kappa shape index (κ1) is 19.5. The number of anilines is 1. The Balaban J connectivity index is 1.65. The molecule has 0 N–H and O–H groups in total. The third-order valence-corrected chi connectivity index (χ3v) is 6.29. The third kappa shape index (κ3) is 5.14. The lowest BCUT2D eigenvalue weighted by molar-refractivity contribution is -0.105. The van der Waals surface area contributed by atoms with Crippen LogP contribution in [0.2, 0.25) is 0 Å². The van der Waals surface area contributed by atoms with Crippen molar-refractivity contribution in [1.82, 2.24) is 4.90 Å². The summed E-state index contributed by atoms with van der Waals surface area (Å²) in [4.78, 5) is 4.72. The highest BCUT2D eigenvalue weighted by molar-refractivity contribution is 7.99. The highest BCUT2D eigenvalue weighted by atomic mass is 32.2. The van der Waals surface area contributed by atoms with Crippen LogP contribution in [-0.2, 0) is 6.54 Å². The number of alkyl halides is 3. The molecule has 0 spiro atoms. The van der Waals surface area contributed by atoms with Crippen molar-refractivity contribution in [2.75, 3.05) is 36.8 Å². The van der Waals surface area contributed by atoms with Gasteiger partial charge in [-0.25, -0.2) is 4.39 Å². The van der Waals surface area contributed by atoms with E-state index in [4.69, 9.17) is 0 Å². The second-order valence-electron chi connectivity index (χ2n) is 6.37. The third-order valence-electron chi connectivity index (χ3n) is 4.33. The van der Waals surface area contributed by atoms with Gasteiger partial charge in [0.25, 0.3) is 0 Å². The van der Waals surface area contributed by atoms with Crippen LogP contribution in [0, 0.1) is 12.7 Å². The summed E-state index contributed by atoms with van der Waals surface area (Å²) in [6, 6.07) is 5.00. The Morgan fingerprint density at radius 3 is 2.50 bits per heavy atom. The van der Waals surface area contributed by atoms with Crippen LogP contribution in [-0.4, -0.2) is 43.0 Å². The van der Waals surface area contributed by atoms with Gasteiger partial charge in [0.05, 0.1) is 11.4 Å². The summed E-state index contributed by atoms with van der Waals surface area (Å²) >= 11 is 2.38. The van der Waals surface area contributed by atoms with E-state index in [9.17, 15) is 17.6 Å². The summed E-state index contributed by atoms with van der Waals surface area (Å²) in [6.07, 6.45) is -4.24. The normalized spacial score (nSPS) is 16.3. The Morgan fingerprint density at radius 1 is 1.15 bits per heavy atom. The number of thiophene rings is 1. The van der Waals surface area contributed by atoms with Gasteiger partial charge in [0, 0.05) is 37.6 Å². The molecule has 1 aliphatic heterocycles. The minimum Gasteiger partial charge on any atom is -0.367 e. The first-order valence-corrected chi connectivity index (χ1v) is 10.2. The predicted octanol–water partition coefficient (Wildman–Crippen LogP) is 5.17. The van der Waals surface area contributed by atoms with Crippen LogP contribution in [0.1, 0.15) is 11.1 Å². The maximum atomic E-state index is 14.4. The average molecular weight is 404 g/mol. The molecule has 0 saturated carbocycles. The minimum absolute atomic E-state index is 0.370. The number of thioether (sulfide) groups is 1. The van der Waals surface area contributed by atoms with Crippen molar-refractivity contribution in [2.45, 2.75) is 24.5 Å². The second kappa shape index (κ2) is 8.19. The van der Waals surface area contributed by atoms with Crippen LogP contribution in [0.3, 0.4) is 0 Å². The maximum absolute atomic E-state index is 14.4. The molecule has 2 aromatic rings. The fraction of sp³-hybridized carbons (Fsp3) is 0.444. The molecule has 0 atom stereocenters. The van der Waals surface area contributed by atoms with Gasteiger partial charge < -0.3 is 4.90 Å².